The standard InChI is InChI=1S/C17H22N6O2/c1-3-21-9-11-22(12-10-21)17-15(23(24)25)16(18-13-19-17)20(2)14-7-5-4-6-8-14/h4-8,13H,3,9-12H2,1-2H3. The van der Waals surface area contributed by atoms with Gasteiger partial charge in [-0.05, 0) is 18.7 Å². The zero-order chi connectivity index (χ0) is 17.8. The number of rotatable bonds is 5. The first-order chi connectivity index (χ1) is 12.1. The summed E-state index contributed by atoms with van der Waals surface area (Å²) in [5, 5.41) is 11.8. The Bertz CT molecular complexity index is 731. The lowest BCUT2D eigenvalue weighted by Gasteiger charge is -2.34. The molecule has 0 aliphatic carbocycles. The fourth-order valence-electron chi connectivity index (χ4n) is 3.05. The number of hydrogen-bond acceptors (Lipinski definition) is 7. The molecule has 0 radical (unpaired) electrons. The van der Waals surface area contributed by atoms with E-state index in [2.05, 4.69) is 21.8 Å². The van der Waals surface area contributed by atoms with E-state index < -0.39 is 0 Å². The number of hydrogen-bond donors (Lipinski definition) is 0. The second-order valence-electron chi connectivity index (χ2n) is 5.94. The van der Waals surface area contributed by atoms with Crippen molar-refractivity contribution in [3.05, 3.63) is 46.8 Å². The van der Waals surface area contributed by atoms with Crippen LogP contribution in [-0.2, 0) is 0 Å². The number of nitro groups is 1. The van der Waals surface area contributed by atoms with Gasteiger partial charge in [-0.3, -0.25) is 10.1 Å². The number of likely N-dealkylation sites (N-methyl/N-ethyl adjacent to an activating group) is 1. The van der Waals surface area contributed by atoms with Crippen molar-refractivity contribution in [1.29, 1.82) is 0 Å². The van der Waals surface area contributed by atoms with Crippen LogP contribution in [0.3, 0.4) is 0 Å². The number of aromatic nitrogens is 2. The molecule has 8 nitrogen and oxygen atoms in total. The molecule has 25 heavy (non-hydrogen) atoms. The van der Waals surface area contributed by atoms with E-state index in [1.807, 2.05) is 35.2 Å². The molecule has 0 spiro atoms. The topological polar surface area (TPSA) is 78.6 Å². The average Bonchev–Trinajstić information content (AvgIpc) is 2.67. The quantitative estimate of drug-likeness (QED) is 0.609. The Morgan fingerprint density at radius 3 is 2.44 bits per heavy atom. The second-order valence-corrected chi connectivity index (χ2v) is 5.94. The largest absolute Gasteiger partial charge is 0.353 e. The Morgan fingerprint density at radius 1 is 1.16 bits per heavy atom. The summed E-state index contributed by atoms with van der Waals surface area (Å²) in [6, 6.07) is 9.48. The zero-order valence-electron chi connectivity index (χ0n) is 14.5. The predicted octanol–water partition coefficient (Wildman–Crippen LogP) is 2.29. The molecule has 0 bridgehead atoms. The highest BCUT2D eigenvalue weighted by Gasteiger charge is 2.30. The molecule has 1 fully saturated rings. The highest BCUT2D eigenvalue weighted by molar-refractivity contribution is 5.75. The Kier molecular flexibility index (Phi) is 5.08. The summed E-state index contributed by atoms with van der Waals surface area (Å²) in [5.74, 6) is 0.702. The summed E-state index contributed by atoms with van der Waals surface area (Å²) in [6.07, 6.45) is 1.41. The Hall–Kier alpha value is -2.74. The van der Waals surface area contributed by atoms with Gasteiger partial charge in [-0.1, -0.05) is 25.1 Å². The predicted molar refractivity (Wildman–Crippen MR) is 97.5 cm³/mol. The molecule has 1 saturated heterocycles. The van der Waals surface area contributed by atoms with E-state index in [0.29, 0.717) is 11.6 Å². The normalized spacial score (nSPS) is 15.2. The maximum Gasteiger partial charge on any atom is 0.353 e. The maximum atomic E-state index is 11.8. The summed E-state index contributed by atoms with van der Waals surface area (Å²) >= 11 is 0. The Labute approximate surface area is 146 Å². The van der Waals surface area contributed by atoms with Crippen LogP contribution in [0.5, 0.6) is 0 Å². The van der Waals surface area contributed by atoms with E-state index in [1.54, 1.807) is 11.9 Å². The van der Waals surface area contributed by atoms with Crippen molar-refractivity contribution in [3.8, 4) is 0 Å². The summed E-state index contributed by atoms with van der Waals surface area (Å²) < 4.78 is 0. The van der Waals surface area contributed by atoms with E-state index in [1.165, 1.54) is 6.33 Å². The fraction of sp³-hybridized carbons (Fsp3) is 0.412. The average molecular weight is 342 g/mol. The number of piperazine rings is 1. The minimum atomic E-state index is -0.379. The molecule has 0 unspecified atom stereocenters. The third-order valence-corrected chi connectivity index (χ3v) is 4.55. The minimum absolute atomic E-state index is 0.0428. The van der Waals surface area contributed by atoms with Crippen molar-refractivity contribution in [2.75, 3.05) is 49.6 Å². The van der Waals surface area contributed by atoms with Crippen LogP contribution in [0.25, 0.3) is 0 Å². The molecule has 8 heteroatoms. The van der Waals surface area contributed by atoms with Crippen molar-refractivity contribution in [1.82, 2.24) is 14.9 Å². The van der Waals surface area contributed by atoms with Gasteiger partial charge in [0.2, 0.25) is 11.6 Å². The number of nitrogens with zero attached hydrogens (tertiary/aromatic N) is 6. The highest BCUT2D eigenvalue weighted by Crippen LogP contribution is 2.36. The lowest BCUT2D eigenvalue weighted by atomic mass is 10.2. The molecule has 3 rings (SSSR count). The van der Waals surface area contributed by atoms with E-state index in [0.717, 1.165) is 38.4 Å². The first kappa shape index (κ1) is 17.1. The van der Waals surface area contributed by atoms with Crippen LogP contribution in [0.2, 0.25) is 0 Å². The van der Waals surface area contributed by atoms with Gasteiger partial charge in [0.15, 0.2) is 0 Å². The molecule has 2 aromatic rings. The van der Waals surface area contributed by atoms with Gasteiger partial charge in [0, 0.05) is 38.9 Å². The van der Waals surface area contributed by atoms with Gasteiger partial charge in [0.1, 0.15) is 6.33 Å². The van der Waals surface area contributed by atoms with Crippen LogP contribution in [0, 0.1) is 10.1 Å². The first-order valence-corrected chi connectivity index (χ1v) is 8.37. The van der Waals surface area contributed by atoms with Gasteiger partial charge in [0.05, 0.1) is 4.92 Å². The van der Waals surface area contributed by atoms with Crippen molar-refractivity contribution in [2.45, 2.75) is 6.92 Å². The van der Waals surface area contributed by atoms with Gasteiger partial charge in [-0.2, -0.15) is 0 Å². The third kappa shape index (κ3) is 3.53. The molecule has 0 saturated carbocycles. The van der Waals surface area contributed by atoms with Gasteiger partial charge >= 0.3 is 5.69 Å². The smallest absolute Gasteiger partial charge is 0.348 e. The third-order valence-electron chi connectivity index (χ3n) is 4.55. The van der Waals surface area contributed by atoms with E-state index in [4.69, 9.17) is 0 Å². The molecule has 132 valence electrons. The second kappa shape index (κ2) is 7.43. The highest BCUT2D eigenvalue weighted by atomic mass is 16.6. The van der Waals surface area contributed by atoms with Gasteiger partial charge < -0.3 is 14.7 Å². The minimum Gasteiger partial charge on any atom is -0.348 e. The summed E-state index contributed by atoms with van der Waals surface area (Å²) in [5.41, 5.74) is 0.796. The number of benzene rings is 1. The lowest BCUT2D eigenvalue weighted by molar-refractivity contribution is -0.383. The van der Waals surface area contributed by atoms with E-state index in [-0.39, 0.29) is 10.6 Å². The molecule has 0 amide bonds. The van der Waals surface area contributed by atoms with Gasteiger partial charge in [-0.15, -0.1) is 0 Å². The molecule has 1 aromatic heterocycles. The Morgan fingerprint density at radius 2 is 1.84 bits per heavy atom. The molecule has 2 heterocycles. The van der Waals surface area contributed by atoms with Crippen molar-refractivity contribution in [2.24, 2.45) is 0 Å². The summed E-state index contributed by atoms with van der Waals surface area (Å²) in [6.45, 7) is 6.31. The van der Waals surface area contributed by atoms with Crippen LogP contribution in [0.15, 0.2) is 36.7 Å². The fourth-order valence-corrected chi connectivity index (χ4v) is 3.05. The van der Waals surface area contributed by atoms with Crippen molar-refractivity contribution < 1.29 is 4.92 Å². The van der Waals surface area contributed by atoms with Crippen LogP contribution in [-0.4, -0.2) is 59.6 Å². The SMILES string of the molecule is CCN1CCN(c2ncnc(N(C)c3ccccc3)c2[N+](=O)[O-])CC1. The van der Waals surface area contributed by atoms with E-state index >= 15 is 0 Å². The summed E-state index contributed by atoms with van der Waals surface area (Å²) in [7, 11) is 1.78. The van der Waals surface area contributed by atoms with Crippen LogP contribution in [0.1, 0.15) is 6.92 Å². The number of para-hydroxylation sites is 1. The Balaban J connectivity index is 1.96. The number of anilines is 3. The van der Waals surface area contributed by atoms with E-state index in [9.17, 15) is 10.1 Å². The van der Waals surface area contributed by atoms with Crippen LogP contribution < -0.4 is 9.80 Å². The van der Waals surface area contributed by atoms with Crippen LogP contribution >= 0.6 is 0 Å². The van der Waals surface area contributed by atoms with Gasteiger partial charge in [-0.25, -0.2) is 9.97 Å². The molecule has 1 aromatic carbocycles. The van der Waals surface area contributed by atoms with Crippen molar-refractivity contribution >= 4 is 23.0 Å². The van der Waals surface area contributed by atoms with Crippen molar-refractivity contribution in [3.63, 3.8) is 0 Å². The molecule has 0 atom stereocenters. The molecular formula is C17H22N6O2. The lowest BCUT2D eigenvalue weighted by Crippen LogP contribution is -2.46. The monoisotopic (exact) mass is 342 g/mol. The first-order valence-electron chi connectivity index (χ1n) is 8.37. The molecule has 1 aliphatic heterocycles. The maximum absolute atomic E-state index is 11.8. The van der Waals surface area contributed by atoms with Gasteiger partial charge in [0.25, 0.3) is 0 Å². The molecule has 0 N–H and O–H groups in total. The molecular weight excluding hydrogens is 320 g/mol. The zero-order valence-corrected chi connectivity index (χ0v) is 14.5. The van der Waals surface area contributed by atoms with Crippen LogP contribution in [0.4, 0.5) is 23.0 Å². The summed E-state index contributed by atoms with van der Waals surface area (Å²) in [4.78, 5) is 25.9. The molecule has 1 aliphatic rings.